The molecule has 0 amide bonds. The van der Waals surface area contributed by atoms with Gasteiger partial charge in [-0.25, -0.2) is 9.67 Å². The summed E-state index contributed by atoms with van der Waals surface area (Å²) in [5, 5.41) is 5.07. The van der Waals surface area contributed by atoms with Crippen molar-refractivity contribution in [3.63, 3.8) is 0 Å². The van der Waals surface area contributed by atoms with Crippen molar-refractivity contribution in [2.75, 3.05) is 0 Å². The molecule has 1 aromatic heterocycles. The van der Waals surface area contributed by atoms with E-state index in [1.54, 1.807) is 0 Å². The summed E-state index contributed by atoms with van der Waals surface area (Å²) < 4.78 is 8.82. The number of fused-ring (bicyclic) bond motifs is 2. The first-order valence-electron chi connectivity index (χ1n) is 19.9. The van der Waals surface area contributed by atoms with E-state index in [0.29, 0.717) is 0 Å². The molecule has 3 aliphatic carbocycles. The van der Waals surface area contributed by atoms with Crippen molar-refractivity contribution >= 4 is 0 Å². The lowest BCUT2D eigenvalue weighted by Crippen LogP contribution is -2.44. The Morgan fingerprint density at radius 1 is 0.643 bits per heavy atom. The van der Waals surface area contributed by atoms with Crippen LogP contribution in [0.15, 0.2) is 199 Å². The van der Waals surface area contributed by atoms with E-state index in [9.17, 15) is 0 Å². The van der Waals surface area contributed by atoms with Crippen molar-refractivity contribution in [1.29, 1.82) is 0 Å². The number of rotatable bonds is 8. The van der Waals surface area contributed by atoms with Crippen molar-refractivity contribution in [2.45, 2.75) is 49.7 Å². The van der Waals surface area contributed by atoms with Crippen LogP contribution in [0.2, 0.25) is 0 Å². The average Bonchev–Trinajstić information content (AvgIpc) is 3.70. The van der Waals surface area contributed by atoms with Gasteiger partial charge in [0, 0.05) is 23.5 Å². The van der Waals surface area contributed by atoms with Crippen LogP contribution in [-0.2, 0) is 12.0 Å². The maximum Gasteiger partial charge on any atom is 0.181 e. The van der Waals surface area contributed by atoms with Gasteiger partial charge < -0.3 is 4.74 Å². The maximum atomic E-state index is 6.71. The summed E-state index contributed by atoms with van der Waals surface area (Å²) in [7, 11) is 0. The van der Waals surface area contributed by atoms with Crippen molar-refractivity contribution in [3.05, 3.63) is 222 Å². The standard InChI is InChI=1S/C52H43N3O/c1-4-16-37(17-5-1)36-55-51(42-18-6-2-7-19-42)53-50(54-55)41-34-30-39(31-35-41)38-28-32-40(33-29-38)44-22-10-11-23-45(44)52(43-20-8-3-9-21-43)46-24-12-14-26-48(46)56-49-27-15-13-25-47(49)52/h2-4,6-18,20-26,28-35,42,49H,1,5,19,27,36H2. The van der Waals surface area contributed by atoms with Gasteiger partial charge in [-0.1, -0.05) is 182 Å². The summed E-state index contributed by atoms with van der Waals surface area (Å²) in [6, 6.07) is 46.3. The molecule has 0 N–H and O–H groups in total. The molecule has 0 bridgehead atoms. The third-order valence-corrected chi connectivity index (χ3v) is 11.7. The average molecular weight is 726 g/mol. The second-order valence-corrected chi connectivity index (χ2v) is 15.1. The molecule has 2 heterocycles. The lowest BCUT2D eigenvalue weighted by molar-refractivity contribution is 0.204. The number of allylic oxidation sites excluding steroid dienone is 10. The van der Waals surface area contributed by atoms with Crippen LogP contribution in [0, 0.1) is 0 Å². The monoisotopic (exact) mass is 725 g/mol. The molecule has 10 rings (SSSR count). The SMILES string of the molecule is C1=CCC2Oc3ccccc3C(c3ccccc3)(c3ccccc3-c3ccc(-c4ccc(-c5nc(C6C=CC=CC6)n(CC6=CCCC=C6)n5)cc4)cc3)C2=C1. The summed E-state index contributed by atoms with van der Waals surface area (Å²) >= 11 is 0. The lowest BCUT2D eigenvalue weighted by atomic mass is 9.60. The number of hydrogen-bond donors (Lipinski definition) is 0. The molecule has 272 valence electrons. The Hall–Kier alpha value is -6.52. The van der Waals surface area contributed by atoms with Crippen LogP contribution in [0.3, 0.4) is 0 Å². The fraction of sp³-hybridized carbons (Fsp3) is 0.154. The van der Waals surface area contributed by atoms with Crippen LogP contribution in [0.25, 0.3) is 33.6 Å². The number of hydrogen-bond acceptors (Lipinski definition) is 3. The summed E-state index contributed by atoms with van der Waals surface area (Å²) in [5.74, 6) is 2.96. The number of nitrogens with zero attached hydrogens (tertiary/aromatic N) is 3. The minimum atomic E-state index is -0.522. The maximum absolute atomic E-state index is 6.71. The first-order valence-corrected chi connectivity index (χ1v) is 19.9. The third kappa shape index (κ3) is 6.02. The Morgan fingerprint density at radius 2 is 1.36 bits per heavy atom. The van der Waals surface area contributed by atoms with Gasteiger partial charge in [0.2, 0.25) is 0 Å². The third-order valence-electron chi connectivity index (χ3n) is 11.7. The summed E-state index contributed by atoms with van der Waals surface area (Å²) in [6.45, 7) is 0.739. The van der Waals surface area contributed by atoms with Crippen LogP contribution in [0.4, 0.5) is 0 Å². The molecule has 5 aromatic carbocycles. The largest absolute Gasteiger partial charge is 0.485 e. The molecule has 6 aromatic rings. The Bertz CT molecular complexity index is 2580. The van der Waals surface area contributed by atoms with E-state index >= 15 is 0 Å². The van der Waals surface area contributed by atoms with Crippen molar-refractivity contribution in [2.24, 2.45) is 0 Å². The molecule has 3 atom stereocenters. The van der Waals surface area contributed by atoms with E-state index in [4.69, 9.17) is 14.8 Å². The van der Waals surface area contributed by atoms with Gasteiger partial charge in [0.05, 0.1) is 12.0 Å². The minimum absolute atomic E-state index is 0.0447. The molecule has 4 aliphatic rings. The topological polar surface area (TPSA) is 39.9 Å². The summed E-state index contributed by atoms with van der Waals surface area (Å²) in [5.41, 5.74) is 11.5. The molecular formula is C52H43N3O. The van der Waals surface area contributed by atoms with E-state index < -0.39 is 5.41 Å². The van der Waals surface area contributed by atoms with Crippen LogP contribution in [0.1, 0.15) is 54.1 Å². The molecule has 0 saturated carbocycles. The lowest BCUT2D eigenvalue weighted by Gasteiger charge is -2.47. The molecule has 1 aliphatic heterocycles. The van der Waals surface area contributed by atoms with Gasteiger partial charge in [-0.3, -0.25) is 0 Å². The molecule has 56 heavy (non-hydrogen) atoms. The Labute approximate surface area is 329 Å². The fourth-order valence-electron chi connectivity index (χ4n) is 9.05. The normalized spacial score (nSPS) is 20.8. The van der Waals surface area contributed by atoms with Crippen LogP contribution < -0.4 is 4.74 Å². The highest BCUT2D eigenvalue weighted by molar-refractivity contribution is 5.79. The molecule has 0 saturated heterocycles. The van der Waals surface area contributed by atoms with E-state index in [-0.39, 0.29) is 12.0 Å². The smallest absolute Gasteiger partial charge is 0.181 e. The first-order chi connectivity index (χ1) is 27.8. The van der Waals surface area contributed by atoms with Gasteiger partial charge in [0.25, 0.3) is 0 Å². The summed E-state index contributed by atoms with van der Waals surface area (Å²) in [4.78, 5) is 5.13. The van der Waals surface area contributed by atoms with E-state index in [1.165, 1.54) is 44.5 Å². The van der Waals surface area contributed by atoms with Crippen molar-refractivity contribution in [1.82, 2.24) is 14.8 Å². The molecule has 0 spiro atoms. The first kappa shape index (κ1) is 34.0. The van der Waals surface area contributed by atoms with Gasteiger partial charge in [0.15, 0.2) is 5.82 Å². The van der Waals surface area contributed by atoms with Gasteiger partial charge in [-0.05, 0) is 69.9 Å². The number of para-hydroxylation sites is 1. The molecular weight excluding hydrogens is 683 g/mol. The quantitative estimate of drug-likeness (QED) is 0.157. The predicted molar refractivity (Wildman–Crippen MR) is 227 cm³/mol. The van der Waals surface area contributed by atoms with E-state index in [2.05, 4.69) is 193 Å². The van der Waals surface area contributed by atoms with Crippen LogP contribution in [-0.4, -0.2) is 20.9 Å². The Kier molecular flexibility index (Phi) is 8.87. The summed E-state index contributed by atoms with van der Waals surface area (Å²) in [6.07, 6.45) is 26.1. The highest BCUT2D eigenvalue weighted by atomic mass is 16.5. The zero-order valence-electron chi connectivity index (χ0n) is 31.3. The van der Waals surface area contributed by atoms with Crippen LogP contribution in [0.5, 0.6) is 5.75 Å². The second kappa shape index (κ2) is 14.6. The van der Waals surface area contributed by atoms with Gasteiger partial charge >= 0.3 is 0 Å². The zero-order valence-corrected chi connectivity index (χ0v) is 31.3. The molecule has 3 unspecified atom stereocenters. The van der Waals surface area contributed by atoms with Gasteiger partial charge in [-0.2, -0.15) is 5.10 Å². The van der Waals surface area contributed by atoms with Gasteiger partial charge in [0.1, 0.15) is 17.7 Å². The van der Waals surface area contributed by atoms with Crippen molar-refractivity contribution < 1.29 is 4.74 Å². The Morgan fingerprint density at radius 3 is 2.12 bits per heavy atom. The van der Waals surface area contributed by atoms with Crippen molar-refractivity contribution in [3.8, 4) is 39.4 Å². The predicted octanol–water partition coefficient (Wildman–Crippen LogP) is 12.1. The highest BCUT2D eigenvalue weighted by Gasteiger charge is 2.49. The molecule has 4 heteroatoms. The van der Waals surface area contributed by atoms with Crippen LogP contribution >= 0.6 is 0 Å². The van der Waals surface area contributed by atoms with E-state index in [1.807, 2.05) is 0 Å². The van der Waals surface area contributed by atoms with E-state index in [0.717, 1.165) is 60.8 Å². The molecule has 0 fully saturated rings. The molecule has 4 nitrogen and oxygen atoms in total. The fourth-order valence-corrected chi connectivity index (χ4v) is 9.05. The van der Waals surface area contributed by atoms with Gasteiger partial charge in [-0.15, -0.1) is 0 Å². The second-order valence-electron chi connectivity index (χ2n) is 15.1. The minimum Gasteiger partial charge on any atom is -0.485 e. The zero-order chi connectivity index (χ0) is 37.3. The number of aromatic nitrogens is 3. The molecule has 0 radical (unpaired) electrons. The Balaban J connectivity index is 0.997. The highest BCUT2D eigenvalue weighted by Crippen LogP contribution is 2.56. The number of ether oxygens (including phenoxy) is 1. The number of benzene rings is 5.